The smallest absolute Gasteiger partial charge is 0.256 e. The number of amides is 1. The van der Waals surface area contributed by atoms with Crippen LogP contribution >= 0.6 is 0 Å². The van der Waals surface area contributed by atoms with Gasteiger partial charge in [0.25, 0.3) is 5.91 Å². The Labute approximate surface area is 146 Å². The average Bonchev–Trinajstić information content (AvgIpc) is 2.64. The largest absolute Gasteiger partial charge is 0.394 e. The number of nitriles is 1. The molecule has 126 valence electrons. The number of likely N-dealkylation sites (tertiary alicyclic amines) is 1. The van der Waals surface area contributed by atoms with Gasteiger partial charge in [0.15, 0.2) is 0 Å². The number of aliphatic hydroxyl groups excluding tert-OH is 1. The molecule has 0 spiro atoms. The molecule has 1 aliphatic rings. The van der Waals surface area contributed by atoms with Crippen molar-refractivity contribution in [1.29, 1.82) is 5.26 Å². The van der Waals surface area contributed by atoms with Gasteiger partial charge in [-0.1, -0.05) is 36.4 Å². The minimum Gasteiger partial charge on any atom is -0.394 e. The molecule has 1 N–H and O–H groups in total. The SMILES string of the molecule is CC=Cc1ccc([C@H]2[C@@H](C#N)N(C(=O)c3cccnc3)[C@H]2CO)cc1. The highest BCUT2D eigenvalue weighted by molar-refractivity contribution is 5.95. The van der Waals surface area contributed by atoms with E-state index in [0.717, 1.165) is 11.1 Å². The van der Waals surface area contributed by atoms with E-state index in [2.05, 4.69) is 11.1 Å². The third-order valence-corrected chi connectivity index (χ3v) is 4.55. The van der Waals surface area contributed by atoms with E-state index < -0.39 is 12.1 Å². The number of aliphatic hydroxyl groups is 1. The van der Waals surface area contributed by atoms with E-state index in [0.29, 0.717) is 5.56 Å². The summed E-state index contributed by atoms with van der Waals surface area (Å²) in [5.41, 5.74) is 2.44. The molecule has 0 aliphatic carbocycles. The van der Waals surface area contributed by atoms with Gasteiger partial charge in [0.2, 0.25) is 0 Å². The molecule has 3 rings (SSSR count). The number of nitrogens with zero attached hydrogens (tertiary/aromatic N) is 3. The quantitative estimate of drug-likeness (QED) is 0.933. The normalized spacial score (nSPS) is 22.4. The van der Waals surface area contributed by atoms with E-state index in [4.69, 9.17) is 0 Å². The van der Waals surface area contributed by atoms with Crippen LogP contribution in [-0.2, 0) is 0 Å². The van der Waals surface area contributed by atoms with Crippen molar-refractivity contribution >= 4 is 12.0 Å². The second-order valence-corrected chi connectivity index (χ2v) is 5.97. The highest BCUT2D eigenvalue weighted by atomic mass is 16.3. The Morgan fingerprint density at radius 1 is 1.36 bits per heavy atom. The molecule has 0 saturated carbocycles. The Bertz CT molecular complexity index is 809. The molecule has 25 heavy (non-hydrogen) atoms. The molecule has 1 aromatic heterocycles. The topological polar surface area (TPSA) is 77.2 Å². The van der Waals surface area contributed by atoms with E-state index in [1.807, 2.05) is 43.3 Å². The summed E-state index contributed by atoms with van der Waals surface area (Å²) in [5, 5.41) is 19.4. The Hall–Kier alpha value is -2.97. The fourth-order valence-corrected chi connectivity index (χ4v) is 3.35. The van der Waals surface area contributed by atoms with E-state index in [1.54, 1.807) is 18.3 Å². The van der Waals surface area contributed by atoms with Crippen molar-refractivity contribution in [3.05, 3.63) is 71.6 Å². The van der Waals surface area contributed by atoms with Crippen molar-refractivity contribution in [3.8, 4) is 6.07 Å². The monoisotopic (exact) mass is 333 g/mol. The van der Waals surface area contributed by atoms with E-state index in [1.165, 1.54) is 11.1 Å². The first-order valence-corrected chi connectivity index (χ1v) is 8.17. The maximum Gasteiger partial charge on any atom is 0.256 e. The standard InChI is InChI=1S/C20H19N3O2/c1-2-4-14-6-8-15(9-7-14)19-17(11-21)23(18(19)13-24)20(25)16-5-3-10-22-12-16/h2-10,12,17-19,24H,13H2,1H3/t17-,18+,19+/m1/s1. The lowest BCUT2D eigenvalue weighted by molar-refractivity contribution is -0.00588. The molecule has 1 amide bonds. The van der Waals surface area contributed by atoms with Crippen molar-refractivity contribution in [1.82, 2.24) is 9.88 Å². The van der Waals surface area contributed by atoms with E-state index >= 15 is 0 Å². The summed E-state index contributed by atoms with van der Waals surface area (Å²) >= 11 is 0. The predicted octanol–water partition coefficient (Wildman–Crippen LogP) is 2.61. The van der Waals surface area contributed by atoms with E-state index in [9.17, 15) is 15.2 Å². The first-order valence-electron chi connectivity index (χ1n) is 8.17. The van der Waals surface area contributed by atoms with Crippen LogP contribution < -0.4 is 0 Å². The predicted molar refractivity (Wildman–Crippen MR) is 94.6 cm³/mol. The highest BCUT2D eigenvalue weighted by Gasteiger charge is 2.51. The van der Waals surface area contributed by atoms with Crippen LogP contribution in [0.25, 0.3) is 6.08 Å². The number of rotatable bonds is 4. The first kappa shape index (κ1) is 16.9. The lowest BCUT2D eigenvalue weighted by Crippen LogP contribution is -2.65. The molecule has 2 heterocycles. The molecule has 0 radical (unpaired) electrons. The van der Waals surface area contributed by atoms with Gasteiger partial charge in [0, 0.05) is 18.3 Å². The second kappa shape index (κ2) is 7.29. The Morgan fingerprint density at radius 2 is 2.12 bits per heavy atom. The van der Waals surface area contributed by atoms with Crippen LogP contribution in [0.5, 0.6) is 0 Å². The van der Waals surface area contributed by atoms with Crippen LogP contribution in [0.4, 0.5) is 0 Å². The zero-order valence-corrected chi connectivity index (χ0v) is 13.9. The first-order chi connectivity index (χ1) is 12.2. The molecule has 3 atom stereocenters. The van der Waals surface area contributed by atoms with Crippen molar-refractivity contribution < 1.29 is 9.90 Å². The van der Waals surface area contributed by atoms with Crippen LogP contribution in [-0.4, -0.2) is 39.6 Å². The van der Waals surface area contributed by atoms with Crippen LogP contribution in [0.2, 0.25) is 0 Å². The molecule has 5 heteroatoms. The van der Waals surface area contributed by atoms with Crippen molar-refractivity contribution in [2.75, 3.05) is 6.61 Å². The fraction of sp³-hybridized carbons (Fsp3) is 0.250. The summed E-state index contributed by atoms with van der Waals surface area (Å²) in [6.07, 6.45) is 7.02. The summed E-state index contributed by atoms with van der Waals surface area (Å²) in [6.45, 7) is 1.76. The highest BCUT2D eigenvalue weighted by Crippen LogP contribution is 2.41. The summed E-state index contributed by atoms with van der Waals surface area (Å²) in [4.78, 5) is 18.1. The van der Waals surface area contributed by atoms with E-state index in [-0.39, 0.29) is 18.4 Å². The van der Waals surface area contributed by atoms with Crippen LogP contribution in [0.15, 0.2) is 54.9 Å². The van der Waals surface area contributed by atoms with Crippen molar-refractivity contribution in [2.24, 2.45) is 0 Å². The summed E-state index contributed by atoms with van der Waals surface area (Å²) in [5.74, 6) is -0.476. The van der Waals surface area contributed by atoms with Gasteiger partial charge in [-0.2, -0.15) is 5.26 Å². The maximum absolute atomic E-state index is 12.7. The minimum atomic E-state index is -0.600. The fourth-order valence-electron chi connectivity index (χ4n) is 3.35. The molecular weight excluding hydrogens is 314 g/mol. The molecular formula is C20H19N3O2. The van der Waals surface area contributed by atoms with Gasteiger partial charge in [-0.05, 0) is 30.2 Å². The van der Waals surface area contributed by atoms with Gasteiger partial charge < -0.3 is 10.0 Å². The van der Waals surface area contributed by atoms with Crippen LogP contribution in [0, 0.1) is 11.3 Å². The Morgan fingerprint density at radius 3 is 2.68 bits per heavy atom. The molecule has 2 aromatic rings. The minimum absolute atomic E-state index is 0.189. The maximum atomic E-state index is 12.7. The average molecular weight is 333 g/mol. The second-order valence-electron chi connectivity index (χ2n) is 5.97. The van der Waals surface area contributed by atoms with Crippen molar-refractivity contribution in [3.63, 3.8) is 0 Å². The Balaban J connectivity index is 1.87. The molecule has 5 nitrogen and oxygen atoms in total. The third kappa shape index (κ3) is 3.04. The van der Waals surface area contributed by atoms with Gasteiger partial charge in [0.1, 0.15) is 6.04 Å². The number of hydrogen-bond donors (Lipinski definition) is 1. The molecule has 0 unspecified atom stereocenters. The zero-order chi connectivity index (χ0) is 17.8. The lowest BCUT2D eigenvalue weighted by Gasteiger charge is -2.51. The summed E-state index contributed by atoms with van der Waals surface area (Å²) < 4.78 is 0. The Kier molecular flexibility index (Phi) is 4.92. The summed E-state index contributed by atoms with van der Waals surface area (Å²) in [7, 11) is 0. The van der Waals surface area contributed by atoms with Gasteiger partial charge in [-0.15, -0.1) is 0 Å². The number of aromatic nitrogens is 1. The molecule has 1 fully saturated rings. The molecule has 1 aliphatic heterocycles. The van der Waals surface area contributed by atoms with Crippen LogP contribution in [0.3, 0.4) is 0 Å². The van der Waals surface area contributed by atoms with Crippen LogP contribution in [0.1, 0.15) is 34.3 Å². The van der Waals surface area contributed by atoms with Gasteiger partial charge in [-0.3, -0.25) is 9.78 Å². The molecule has 1 aromatic carbocycles. The number of carbonyl (C=O) groups excluding carboxylic acids is 1. The number of benzene rings is 1. The number of hydrogen-bond acceptors (Lipinski definition) is 4. The number of allylic oxidation sites excluding steroid dienone is 1. The van der Waals surface area contributed by atoms with Gasteiger partial charge in [0.05, 0.1) is 24.3 Å². The molecule has 1 saturated heterocycles. The lowest BCUT2D eigenvalue weighted by atomic mass is 9.75. The number of carbonyl (C=O) groups is 1. The van der Waals surface area contributed by atoms with Gasteiger partial charge >= 0.3 is 0 Å². The number of pyridine rings is 1. The molecule has 0 bridgehead atoms. The third-order valence-electron chi connectivity index (χ3n) is 4.55. The van der Waals surface area contributed by atoms with Crippen molar-refractivity contribution in [2.45, 2.75) is 24.9 Å². The summed E-state index contributed by atoms with van der Waals surface area (Å²) in [6, 6.07) is 12.4. The zero-order valence-electron chi connectivity index (χ0n) is 13.9. The van der Waals surface area contributed by atoms with Gasteiger partial charge in [-0.25, -0.2) is 0 Å².